The van der Waals surface area contributed by atoms with Crippen LogP contribution in [0.15, 0.2) is 53.4 Å². The van der Waals surface area contributed by atoms with Crippen LogP contribution in [0.5, 0.6) is 0 Å². The number of carbonyl (C=O) groups excluding carboxylic acids is 1. The van der Waals surface area contributed by atoms with Crippen LogP contribution in [0.1, 0.15) is 36.5 Å². The maximum atomic E-state index is 12.7. The molecule has 0 aliphatic rings. The van der Waals surface area contributed by atoms with Gasteiger partial charge in [-0.1, -0.05) is 49.6 Å². The molecular formula is C19H23ClN2O3S. The van der Waals surface area contributed by atoms with Crippen LogP contribution in [0, 0.1) is 0 Å². The number of unbranched alkanes of at least 4 members (excludes halogenated alkanes) is 2. The summed E-state index contributed by atoms with van der Waals surface area (Å²) in [5.74, 6) is -0.258. The topological polar surface area (TPSA) is 66.5 Å². The van der Waals surface area contributed by atoms with E-state index in [0.717, 1.165) is 23.6 Å². The number of nitrogens with one attached hydrogen (secondary N) is 1. The summed E-state index contributed by atoms with van der Waals surface area (Å²) in [6.45, 7) is 2.68. The Kier molecular flexibility index (Phi) is 7.06. The molecule has 1 N–H and O–H groups in total. The van der Waals surface area contributed by atoms with Gasteiger partial charge in [-0.25, -0.2) is 8.42 Å². The summed E-state index contributed by atoms with van der Waals surface area (Å²) >= 11 is 6.22. The summed E-state index contributed by atoms with van der Waals surface area (Å²) in [6, 6.07) is 12.8. The van der Waals surface area contributed by atoms with E-state index in [-0.39, 0.29) is 15.8 Å². The van der Waals surface area contributed by atoms with Crippen LogP contribution >= 0.6 is 11.6 Å². The maximum Gasteiger partial charge on any atom is 0.264 e. The van der Waals surface area contributed by atoms with Gasteiger partial charge in [0.05, 0.1) is 21.2 Å². The Morgan fingerprint density at radius 2 is 1.81 bits per heavy atom. The number of sulfonamides is 1. The summed E-state index contributed by atoms with van der Waals surface area (Å²) in [5, 5.41) is 3.04. The summed E-state index contributed by atoms with van der Waals surface area (Å²) in [7, 11) is -2.23. The van der Waals surface area contributed by atoms with Gasteiger partial charge in [-0.2, -0.15) is 0 Å². The third kappa shape index (κ3) is 4.77. The molecule has 0 bridgehead atoms. The van der Waals surface area contributed by atoms with Crippen molar-refractivity contribution in [1.82, 2.24) is 5.32 Å². The molecule has 7 heteroatoms. The van der Waals surface area contributed by atoms with E-state index in [0.29, 0.717) is 17.8 Å². The van der Waals surface area contributed by atoms with Gasteiger partial charge in [-0.3, -0.25) is 9.10 Å². The highest BCUT2D eigenvalue weighted by atomic mass is 35.5. The first-order chi connectivity index (χ1) is 12.4. The molecule has 2 aromatic rings. The first-order valence-electron chi connectivity index (χ1n) is 8.49. The van der Waals surface area contributed by atoms with Gasteiger partial charge in [-0.05, 0) is 36.8 Å². The van der Waals surface area contributed by atoms with Crippen LogP contribution in [0.3, 0.4) is 0 Å². The van der Waals surface area contributed by atoms with E-state index >= 15 is 0 Å². The first-order valence-corrected chi connectivity index (χ1v) is 10.3. The standard InChI is InChI=1S/C19H23ClN2O3S/c1-3-4-8-13-21-19(23)17-12-11-15(14-18(17)20)22(2)26(24,25)16-9-6-5-7-10-16/h5-7,9-12,14H,3-4,8,13H2,1-2H3,(H,21,23). The molecule has 0 heterocycles. The van der Waals surface area contributed by atoms with Gasteiger partial charge >= 0.3 is 0 Å². The third-order valence-corrected chi connectivity index (χ3v) is 6.14. The van der Waals surface area contributed by atoms with Crippen molar-refractivity contribution in [2.45, 2.75) is 31.1 Å². The lowest BCUT2D eigenvalue weighted by molar-refractivity contribution is 0.0953. The fourth-order valence-electron chi connectivity index (χ4n) is 2.45. The van der Waals surface area contributed by atoms with Gasteiger partial charge < -0.3 is 5.32 Å². The molecule has 0 saturated carbocycles. The van der Waals surface area contributed by atoms with Crippen LogP contribution < -0.4 is 9.62 Å². The minimum Gasteiger partial charge on any atom is -0.352 e. The summed E-state index contributed by atoms with van der Waals surface area (Å²) < 4.78 is 26.5. The Bertz CT molecular complexity index is 854. The first kappa shape index (κ1) is 20.3. The maximum absolute atomic E-state index is 12.7. The van der Waals surface area contributed by atoms with Crippen molar-refractivity contribution in [3.63, 3.8) is 0 Å². The minimum atomic E-state index is -3.69. The van der Waals surface area contributed by atoms with E-state index < -0.39 is 10.0 Å². The number of hydrogen-bond donors (Lipinski definition) is 1. The minimum absolute atomic E-state index is 0.191. The molecule has 0 radical (unpaired) electrons. The molecule has 1 amide bonds. The Morgan fingerprint density at radius 1 is 1.12 bits per heavy atom. The molecule has 0 unspecified atom stereocenters. The van der Waals surface area contributed by atoms with Crippen molar-refractivity contribution in [3.8, 4) is 0 Å². The Labute approximate surface area is 160 Å². The van der Waals surface area contributed by atoms with E-state index in [1.807, 2.05) is 0 Å². The van der Waals surface area contributed by atoms with Crippen molar-refractivity contribution >= 4 is 33.2 Å². The number of amides is 1. The van der Waals surface area contributed by atoms with Gasteiger partial charge in [0.15, 0.2) is 0 Å². The summed E-state index contributed by atoms with van der Waals surface area (Å²) in [4.78, 5) is 12.4. The van der Waals surface area contributed by atoms with Gasteiger partial charge in [0.25, 0.3) is 15.9 Å². The highest BCUT2D eigenvalue weighted by molar-refractivity contribution is 7.92. The summed E-state index contributed by atoms with van der Waals surface area (Å²) in [6.07, 6.45) is 3.04. The molecule has 5 nitrogen and oxygen atoms in total. The SMILES string of the molecule is CCCCCNC(=O)c1ccc(N(C)S(=O)(=O)c2ccccc2)cc1Cl. The quantitative estimate of drug-likeness (QED) is 0.686. The molecule has 2 aromatic carbocycles. The Morgan fingerprint density at radius 3 is 2.42 bits per heavy atom. The number of nitrogens with zero attached hydrogens (tertiary/aromatic N) is 1. The smallest absolute Gasteiger partial charge is 0.264 e. The monoisotopic (exact) mass is 394 g/mol. The van der Waals surface area contributed by atoms with Crippen LogP contribution in [-0.2, 0) is 10.0 Å². The largest absolute Gasteiger partial charge is 0.352 e. The fourth-order valence-corrected chi connectivity index (χ4v) is 3.91. The molecule has 140 valence electrons. The number of carbonyl (C=O) groups is 1. The number of hydrogen-bond acceptors (Lipinski definition) is 3. The van der Waals surface area contributed by atoms with E-state index in [2.05, 4.69) is 12.2 Å². The number of rotatable bonds is 8. The van der Waals surface area contributed by atoms with E-state index in [1.54, 1.807) is 30.3 Å². The second kappa shape index (κ2) is 9.05. The predicted octanol–water partition coefficient (Wildman–Crippen LogP) is 4.09. The van der Waals surface area contributed by atoms with Crippen molar-refractivity contribution in [3.05, 3.63) is 59.1 Å². The molecule has 0 saturated heterocycles. The second-order valence-corrected chi connectivity index (χ2v) is 8.29. The highest BCUT2D eigenvalue weighted by Crippen LogP contribution is 2.27. The number of anilines is 1. The molecular weight excluding hydrogens is 372 g/mol. The highest BCUT2D eigenvalue weighted by Gasteiger charge is 2.22. The molecule has 0 fully saturated rings. The Hall–Kier alpha value is -2.05. The van der Waals surface area contributed by atoms with Crippen LogP contribution in [-0.4, -0.2) is 27.9 Å². The molecule has 26 heavy (non-hydrogen) atoms. The van der Waals surface area contributed by atoms with E-state index in [4.69, 9.17) is 11.6 Å². The number of benzene rings is 2. The fraction of sp³-hybridized carbons (Fsp3) is 0.316. The van der Waals surface area contributed by atoms with Crippen LogP contribution in [0.4, 0.5) is 5.69 Å². The van der Waals surface area contributed by atoms with Gasteiger partial charge in [0.1, 0.15) is 0 Å². The average molecular weight is 395 g/mol. The van der Waals surface area contributed by atoms with Crippen LogP contribution in [0.2, 0.25) is 5.02 Å². The molecule has 0 aromatic heterocycles. The van der Waals surface area contributed by atoms with Gasteiger partial charge in [-0.15, -0.1) is 0 Å². The average Bonchev–Trinajstić information content (AvgIpc) is 2.65. The van der Waals surface area contributed by atoms with Crippen molar-refractivity contribution in [2.24, 2.45) is 0 Å². The predicted molar refractivity (Wildman–Crippen MR) is 105 cm³/mol. The normalized spacial score (nSPS) is 11.2. The third-order valence-electron chi connectivity index (χ3n) is 4.03. The number of halogens is 1. The van der Waals surface area contributed by atoms with E-state index in [1.165, 1.54) is 25.2 Å². The van der Waals surface area contributed by atoms with Gasteiger partial charge in [0, 0.05) is 13.6 Å². The van der Waals surface area contributed by atoms with Crippen molar-refractivity contribution in [1.29, 1.82) is 0 Å². The Balaban J connectivity index is 2.17. The van der Waals surface area contributed by atoms with Gasteiger partial charge in [0.2, 0.25) is 0 Å². The van der Waals surface area contributed by atoms with Crippen molar-refractivity contribution < 1.29 is 13.2 Å². The molecule has 0 aliphatic carbocycles. The second-order valence-electron chi connectivity index (χ2n) is 5.91. The van der Waals surface area contributed by atoms with Crippen molar-refractivity contribution in [2.75, 3.05) is 17.9 Å². The molecule has 0 atom stereocenters. The lowest BCUT2D eigenvalue weighted by Gasteiger charge is -2.20. The molecule has 0 spiro atoms. The summed E-state index contributed by atoms with van der Waals surface area (Å²) in [5.41, 5.74) is 0.721. The zero-order valence-corrected chi connectivity index (χ0v) is 16.5. The molecule has 0 aliphatic heterocycles. The van der Waals surface area contributed by atoms with E-state index in [9.17, 15) is 13.2 Å². The van der Waals surface area contributed by atoms with Crippen LogP contribution in [0.25, 0.3) is 0 Å². The lowest BCUT2D eigenvalue weighted by Crippen LogP contribution is -2.27. The zero-order chi connectivity index (χ0) is 19.2. The zero-order valence-electron chi connectivity index (χ0n) is 14.9. The molecule has 2 rings (SSSR count). The lowest BCUT2D eigenvalue weighted by atomic mass is 10.2.